The number of hydrogen-bond donors (Lipinski definition) is 3. The molecule has 0 radical (unpaired) electrons. The Hall–Kier alpha value is -4.12. The zero-order valence-electron chi connectivity index (χ0n) is 20.0. The molecule has 3 N–H and O–H groups in total. The van der Waals surface area contributed by atoms with E-state index in [9.17, 15) is 15.3 Å². The Morgan fingerprint density at radius 3 is 1.68 bits per heavy atom. The summed E-state index contributed by atoms with van der Waals surface area (Å²) in [6.45, 7) is 9.53. The number of phenolic OH excluding ortho intramolecular Hbond substituents is 3. The molecule has 0 aliphatic rings. The number of rotatable bonds is 5. The van der Waals surface area contributed by atoms with Gasteiger partial charge < -0.3 is 20.1 Å². The molecular weight excluding hydrogens is 426 g/mol. The first-order valence-electron chi connectivity index (χ1n) is 11.1. The highest BCUT2D eigenvalue weighted by Crippen LogP contribution is 2.50. The van der Waals surface area contributed by atoms with E-state index in [4.69, 9.17) is 4.74 Å². The standard InChI is InChI=1S/C29H29NO4/c1-17-12-20(4)28(25(32)14-17)30(29-21(5)13-18(2)15-26(29)33)23-8-6-7-9-27(23)34-22-11-10-19(3)24(31)16-22/h6-16,31-33H,1-5H3. The summed E-state index contributed by atoms with van der Waals surface area (Å²) in [5.74, 6) is 1.32. The highest BCUT2D eigenvalue weighted by Gasteiger charge is 2.26. The number of aryl methyl sites for hydroxylation is 5. The van der Waals surface area contributed by atoms with E-state index in [-0.39, 0.29) is 17.2 Å². The SMILES string of the molecule is Cc1cc(C)c(N(c2ccccc2Oc2ccc(C)c(O)c2)c2c(C)cc(C)cc2O)c(O)c1. The van der Waals surface area contributed by atoms with Crippen LogP contribution in [0.3, 0.4) is 0 Å². The van der Waals surface area contributed by atoms with Crippen molar-refractivity contribution in [3.63, 3.8) is 0 Å². The second-order valence-corrected chi connectivity index (χ2v) is 8.75. The first kappa shape index (κ1) is 23.1. The Bertz CT molecular complexity index is 1270. The lowest BCUT2D eigenvalue weighted by molar-refractivity contribution is 0.452. The van der Waals surface area contributed by atoms with Crippen LogP contribution in [0.5, 0.6) is 28.7 Å². The van der Waals surface area contributed by atoms with Gasteiger partial charge in [-0.25, -0.2) is 0 Å². The number of phenols is 3. The third kappa shape index (κ3) is 4.37. The molecule has 5 nitrogen and oxygen atoms in total. The Labute approximate surface area is 200 Å². The minimum absolute atomic E-state index is 0.0969. The fourth-order valence-electron chi connectivity index (χ4n) is 4.32. The summed E-state index contributed by atoms with van der Waals surface area (Å²) in [5, 5.41) is 32.3. The molecule has 4 aromatic carbocycles. The van der Waals surface area contributed by atoms with E-state index in [1.165, 1.54) is 0 Å². The second-order valence-electron chi connectivity index (χ2n) is 8.75. The number of nitrogens with zero attached hydrogens (tertiary/aromatic N) is 1. The van der Waals surface area contributed by atoms with Crippen molar-refractivity contribution in [2.75, 3.05) is 4.90 Å². The molecule has 4 rings (SSSR count). The molecule has 0 amide bonds. The minimum atomic E-state index is 0.0969. The van der Waals surface area contributed by atoms with Gasteiger partial charge in [-0.1, -0.05) is 30.3 Å². The smallest absolute Gasteiger partial charge is 0.151 e. The van der Waals surface area contributed by atoms with Gasteiger partial charge in [0.25, 0.3) is 0 Å². The Kier molecular flexibility index (Phi) is 6.12. The third-order valence-electron chi connectivity index (χ3n) is 5.81. The lowest BCUT2D eigenvalue weighted by Gasteiger charge is -2.31. The Morgan fingerprint density at radius 2 is 1.15 bits per heavy atom. The molecule has 0 unspecified atom stereocenters. The van der Waals surface area contributed by atoms with Crippen molar-refractivity contribution < 1.29 is 20.1 Å². The summed E-state index contributed by atoms with van der Waals surface area (Å²) in [6, 6.07) is 20.0. The van der Waals surface area contributed by atoms with Crippen molar-refractivity contribution in [1.29, 1.82) is 0 Å². The van der Waals surface area contributed by atoms with Crippen LogP contribution in [-0.4, -0.2) is 15.3 Å². The number of benzene rings is 4. The molecule has 0 aliphatic carbocycles. The molecule has 0 aliphatic heterocycles. The van der Waals surface area contributed by atoms with Crippen molar-refractivity contribution >= 4 is 17.1 Å². The molecule has 34 heavy (non-hydrogen) atoms. The molecular formula is C29H29NO4. The molecule has 0 saturated heterocycles. The quantitative estimate of drug-likeness (QED) is 0.289. The zero-order valence-corrected chi connectivity index (χ0v) is 20.0. The molecule has 4 aromatic rings. The van der Waals surface area contributed by atoms with Gasteiger partial charge in [-0.2, -0.15) is 0 Å². The van der Waals surface area contributed by atoms with Gasteiger partial charge in [-0.05, 0) is 92.8 Å². The van der Waals surface area contributed by atoms with Crippen molar-refractivity contribution in [3.05, 3.63) is 94.5 Å². The molecule has 0 bridgehead atoms. The van der Waals surface area contributed by atoms with Crippen LogP contribution < -0.4 is 9.64 Å². The highest BCUT2D eigenvalue weighted by atomic mass is 16.5. The molecule has 0 fully saturated rings. The lowest BCUT2D eigenvalue weighted by atomic mass is 10.0. The molecule has 0 atom stereocenters. The second kappa shape index (κ2) is 9.02. The number of ether oxygens (including phenoxy) is 1. The molecule has 0 saturated carbocycles. The van der Waals surface area contributed by atoms with Crippen LogP contribution in [0.15, 0.2) is 66.7 Å². The topological polar surface area (TPSA) is 73.2 Å². The fourth-order valence-corrected chi connectivity index (χ4v) is 4.32. The molecule has 0 heterocycles. The first-order valence-corrected chi connectivity index (χ1v) is 11.1. The first-order chi connectivity index (χ1) is 16.2. The molecule has 174 valence electrons. The van der Waals surface area contributed by atoms with Crippen molar-refractivity contribution in [2.24, 2.45) is 0 Å². The van der Waals surface area contributed by atoms with Crippen LogP contribution >= 0.6 is 0 Å². The van der Waals surface area contributed by atoms with Gasteiger partial charge in [0.05, 0.1) is 17.1 Å². The minimum Gasteiger partial charge on any atom is -0.508 e. The van der Waals surface area contributed by atoms with Crippen LogP contribution in [0, 0.1) is 34.6 Å². The summed E-state index contributed by atoms with van der Waals surface area (Å²) in [5.41, 5.74) is 6.05. The van der Waals surface area contributed by atoms with E-state index in [0.717, 1.165) is 27.8 Å². The van der Waals surface area contributed by atoms with Gasteiger partial charge in [0.15, 0.2) is 5.75 Å². The number of para-hydroxylation sites is 2. The van der Waals surface area contributed by atoms with E-state index in [1.807, 2.05) is 75.9 Å². The molecule has 0 spiro atoms. The average Bonchev–Trinajstić information content (AvgIpc) is 2.74. The third-order valence-corrected chi connectivity index (χ3v) is 5.81. The van der Waals surface area contributed by atoms with Gasteiger partial charge in [0.2, 0.25) is 0 Å². The summed E-state index contributed by atoms with van der Waals surface area (Å²) in [6.07, 6.45) is 0. The van der Waals surface area contributed by atoms with E-state index in [2.05, 4.69) is 0 Å². The van der Waals surface area contributed by atoms with Crippen molar-refractivity contribution in [1.82, 2.24) is 0 Å². The largest absolute Gasteiger partial charge is 0.508 e. The summed E-state index contributed by atoms with van der Waals surface area (Å²) in [4.78, 5) is 1.83. The lowest BCUT2D eigenvalue weighted by Crippen LogP contribution is -2.14. The summed E-state index contributed by atoms with van der Waals surface area (Å²) >= 11 is 0. The van der Waals surface area contributed by atoms with Crippen LogP contribution in [0.1, 0.15) is 27.8 Å². The van der Waals surface area contributed by atoms with Crippen LogP contribution in [0.25, 0.3) is 0 Å². The number of anilines is 3. The average molecular weight is 456 g/mol. The summed E-state index contributed by atoms with van der Waals surface area (Å²) in [7, 11) is 0. The van der Waals surface area contributed by atoms with Gasteiger partial charge >= 0.3 is 0 Å². The van der Waals surface area contributed by atoms with E-state index in [1.54, 1.807) is 30.3 Å². The van der Waals surface area contributed by atoms with E-state index in [0.29, 0.717) is 28.6 Å². The maximum atomic E-state index is 11.1. The van der Waals surface area contributed by atoms with Crippen molar-refractivity contribution in [3.8, 4) is 28.7 Å². The monoisotopic (exact) mass is 455 g/mol. The normalized spacial score (nSPS) is 10.9. The Morgan fingerprint density at radius 1 is 0.588 bits per heavy atom. The van der Waals surface area contributed by atoms with E-state index >= 15 is 0 Å². The fraction of sp³-hybridized carbons (Fsp3) is 0.172. The zero-order chi connectivity index (χ0) is 24.6. The number of hydrogen-bond acceptors (Lipinski definition) is 5. The maximum Gasteiger partial charge on any atom is 0.151 e. The number of aromatic hydroxyl groups is 3. The Balaban J connectivity index is 1.97. The van der Waals surface area contributed by atoms with Gasteiger partial charge in [0.1, 0.15) is 23.0 Å². The van der Waals surface area contributed by atoms with Crippen LogP contribution in [0.2, 0.25) is 0 Å². The predicted octanol–water partition coefficient (Wildman–Crippen LogP) is 7.61. The van der Waals surface area contributed by atoms with Crippen molar-refractivity contribution in [2.45, 2.75) is 34.6 Å². The highest BCUT2D eigenvalue weighted by molar-refractivity contribution is 5.88. The molecule has 5 heteroatoms. The van der Waals surface area contributed by atoms with Crippen LogP contribution in [-0.2, 0) is 0 Å². The predicted molar refractivity (Wildman–Crippen MR) is 136 cm³/mol. The van der Waals surface area contributed by atoms with E-state index < -0.39 is 0 Å². The van der Waals surface area contributed by atoms with Gasteiger partial charge in [-0.3, -0.25) is 4.90 Å². The van der Waals surface area contributed by atoms with Gasteiger partial charge in [-0.15, -0.1) is 0 Å². The molecule has 0 aromatic heterocycles. The maximum absolute atomic E-state index is 11.1. The van der Waals surface area contributed by atoms with Gasteiger partial charge in [0, 0.05) is 6.07 Å². The summed E-state index contributed by atoms with van der Waals surface area (Å²) < 4.78 is 6.21. The van der Waals surface area contributed by atoms with Crippen LogP contribution in [0.4, 0.5) is 17.1 Å².